The lowest BCUT2D eigenvalue weighted by molar-refractivity contribution is 0.122. The topological polar surface area (TPSA) is 90.7 Å². The summed E-state index contributed by atoms with van der Waals surface area (Å²) in [4.78, 5) is 14.8. The molecule has 0 spiro atoms. The Kier molecular flexibility index (Phi) is 5.37. The van der Waals surface area contributed by atoms with Gasteiger partial charge in [0.15, 0.2) is 5.65 Å². The molecule has 0 radical (unpaired) electrons. The number of imidazole rings is 1. The zero-order valence-electron chi connectivity index (χ0n) is 18.7. The van der Waals surface area contributed by atoms with Gasteiger partial charge in [-0.1, -0.05) is 12.1 Å². The van der Waals surface area contributed by atoms with Crippen molar-refractivity contribution >= 4 is 33.7 Å². The third-order valence-electron chi connectivity index (χ3n) is 6.36. The van der Waals surface area contributed by atoms with Crippen molar-refractivity contribution in [3.8, 4) is 11.1 Å². The molecule has 1 fully saturated rings. The molecule has 1 aliphatic heterocycles. The Morgan fingerprint density at radius 2 is 1.97 bits per heavy atom. The number of morpholine rings is 1. The van der Waals surface area contributed by atoms with Gasteiger partial charge < -0.3 is 29.4 Å². The normalized spacial score (nSPS) is 14.2. The minimum atomic E-state index is 0.141. The first-order valence-corrected chi connectivity index (χ1v) is 11.5. The number of nitrogens with one attached hydrogen (secondary N) is 2. The lowest BCUT2D eigenvalue weighted by atomic mass is 10.0. The molecule has 5 aromatic rings. The molecule has 8 nitrogen and oxygen atoms in total. The number of pyridine rings is 2. The van der Waals surface area contributed by atoms with Crippen LogP contribution in [0.25, 0.3) is 27.7 Å². The maximum Gasteiger partial charge on any atom is 0.160 e. The Bertz CT molecular complexity index is 1430. The number of ether oxygens (including phenoxy) is 1. The first kappa shape index (κ1) is 20.7. The van der Waals surface area contributed by atoms with E-state index in [-0.39, 0.29) is 6.61 Å². The highest BCUT2D eigenvalue weighted by Gasteiger charge is 2.13. The van der Waals surface area contributed by atoms with Gasteiger partial charge in [-0.25, -0.2) is 9.97 Å². The predicted octanol–water partition coefficient (Wildman–Crippen LogP) is 3.99. The van der Waals surface area contributed by atoms with E-state index in [2.05, 4.69) is 61.7 Å². The average Bonchev–Trinajstić information content (AvgIpc) is 3.52. The fourth-order valence-corrected chi connectivity index (χ4v) is 4.58. The Balaban J connectivity index is 1.32. The van der Waals surface area contributed by atoms with Gasteiger partial charge in [-0.2, -0.15) is 0 Å². The lowest BCUT2D eigenvalue weighted by Gasteiger charge is -2.28. The molecule has 3 N–H and O–H groups in total. The van der Waals surface area contributed by atoms with Gasteiger partial charge >= 0.3 is 0 Å². The van der Waals surface area contributed by atoms with Crippen LogP contribution in [-0.4, -0.2) is 57.4 Å². The van der Waals surface area contributed by atoms with E-state index in [0.717, 1.165) is 76.7 Å². The summed E-state index contributed by atoms with van der Waals surface area (Å²) in [6, 6.07) is 12.6. The Morgan fingerprint density at radius 1 is 1.06 bits per heavy atom. The first-order valence-electron chi connectivity index (χ1n) is 11.5. The monoisotopic (exact) mass is 454 g/mol. The second kappa shape index (κ2) is 8.81. The van der Waals surface area contributed by atoms with E-state index >= 15 is 0 Å². The van der Waals surface area contributed by atoms with E-state index in [1.54, 1.807) is 6.20 Å². The highest BCUT2D eigenvalue weighted by atomic mass is 16.5. The van der Waals surface area contributed by atoms with E-state index in [9.17, 15) is 5.11 Å². The van der Waals surface area contributed by atoms with Crippen molar-refractivity contribution in [3.05, 3.63) is 72.9 Å². The molecule has 1 aromatic carbocycles. The number of hydrogen-bond donors (Lipinski definition) is 3. The van der Waals surface area contributed by atoms with Crippen LogP contribution in [0.2, 0.25) is 0 Å². The second-order valence-corrected chi connectivity index (χ2v) is 8.47. The van der Waals surface area contributed by atoms with Crippen molar-refractivity contribution in [2.24, 2.45) is 0 Å². The standard InChI is InChI=1S/C26H26N6O2/c33-10-5-19-15-28-23-13-18(1-3-22(19)23)20-14-24(26-27-6-7-32(26)17-20)30-25-4-2-21(16-29-25)31-8-11-34-12-9-31/h1-4,6-7,13-17,28,33H,5,8-12H2,(H,29,30). The van der Waals surface area contributed by atoms with Crippen LogP contribution in [0.4, 0.5) is 17.2 Å². The second-order valence-electron chi connectivity index (χ2n) is 8.47. The minimum absolute atomic E-state index is 0.141. The van der Waals surface area contributed by atoms with Crippen LogP contribution in [0.15, 0.2) is 67.4 Å². The maximum atomic E-state index is 9.30. The van der Waals surface area contributed by atoms with Crippen LogP contribution >= 0.6 is 0 Å². The predicted molar refractivity (Wildman–Crippen MR) is 134 cm³/mol. The SMILES string of the molecule is OCCc1c[nH]c2cc(-c3cc(Nc4ccc(N5CCOCC5)cn4)c4nccn4c3)ccc12. The van der Waals surface area contributed by atoms with E-state index < -0.39 is 0 Å². The smallest absolute Gasteiger partial charge is 0.160 e. The molecular weight excluding hydrogens is 428 g/mol. The quantitative estimate of drug-likeness (QED) is 0.359. The summed E-state index contributed by atoms with van der Waals surface area (Å²) in [6.45, 7) is 3.42. The van der Waals surface area contributed by atoms with Crippen LogP contribution in [0.1, 0.15) is 5.56 Å². The van der Waals surface area contributed by atoms with Gasteiger partial charge in [0.2, 0.25) is 0 Å². The zero-order chi connectivity index (χ0) is 22.9. The summed E-state index contributed by atoms with van der Waals surface area (Å²) in [7, 11) is 0. The van der Waals surface area contributed by atoms with E-state index in [1.165, 1.54) is 0 Å². The molecule has 0 aliphatic carbocycles. The van der Waals surface area contributed by atoms with Crippen LogP contribution in [-0.2, 0) is 11.2 Å². The number of fused-ring (bicyclic) bond motifs is 2. The number of hydrogen-bond acceptors (Lipinski definition) is 6. The number of nitrogens with zero attached hydrogens (tertiary/aromatic N) is 4. The first-order chi connectivity index (χ1) is 16.8. The number of aromatic amines is 1. The number of H-pyrrole nitrogens is 1. The van der Waals surface area contributed by atoms with Crippen LogP contribution in [0.3, 0.4) is 0 Å². The largest absolute Gasteiger partial charge is 0.396 e. The minimum Gasteiger partial charge on any atom is -0.396 e. The van der Waals surface area contributed by atoms with Gasteiger partial charge in [0, 0.05) is 61.0 Å². The third-order valence-corrected chi connectivity index (χ3v) is 6.36. The summed E-state index contributed by atoms with van der Waals surface area (Å²) < 4.78 is 7.47. The number of aliphatic hydroxyl groups is 1. The molecule has 5 heterocycles. The van der Waals surface area contributed by atoms with Crippen molar-refractivity contribution in [1.82, 2.24) is 19.4 Å². The molecule has 34 heavy (non-hydrogen) atoms. The zero-order valence-corrected chi connectivity index (χ0v) is 18.7. The molecule has 0 saturated carbocycles. The number of aliphatic hydroxyl groups excluding tert-OH is 1. The van der Waals surface area contributed by atoms with Crippen molar-refractivity contribution in [2.45, 2.75) is 6.42 Å². The summed E-state index contributed by atoms with van der Waals surface area (Å²) in [5.41, 5.74) is 7.19. The number of anilines is 3. The fourth-order valence-electron chi connectivity index (χ4n) is 4.58. The summed E-state index contributed by atoms with van der Waals surface area (Å²) >= 11 is 0. The van der Waals surface area contributed by atoms with Crippen LogP contribution in [0, 0.1) is 0 Å². The molecule has 0 atom stereocenters. The molecule has 0 unspecified atom stereocenters. The fraction of sp³-hybridized carbons (Fsp3) is 0.231. The molecule has 8 heteroatoms. The van der Waals surface area contributed by atoms with Gasteiger partial charge in [0.05, 0.1) is 30.8 Å². The Hall–Kier alpha value is -3.88. The molecule has 1 saturated heterocycles. The van der Waals surface area contributed by atoms with Crippen molar-refractivity contribution < 1.29 is 9.84 Å². The van der Waals surface area contributed by atoms with Crippen LogP contribution in [0.5, 0.6) is 0 Å². The summed E-state index contributed by atoms with van der Waals surface area (Å²) in [5, 5.41) is 13.9. The molecule has 0 bridgehead atoms. The van der Waals surface area contributed by atoms with Crippen molar-refractivity contribution in [2.75, 3.05) is 43.1 Å². The van der Waals surface area contributed by atoms with Crippen molar-refractivity contribution in [1.29, 1.82) is 0 Å². The molecule has 172 valence electrons. The summed E-state index contributed by atoms with van der Waals surface area (Å²) in [5.74, 6) is 0.771. The van der Waals surface area contributed by atoms with E-state index in [1.807, 2.05) is 29.1 Å². The van der Waals surface area contributed by atoms with Gasteiger partial charge in [-0.15, -0.1) is 0 Å². The van der Waals surface area contributed by atoms with Gasteiger partial charge in [0.25, 0.3) is 0 Å². The molecule has 4 aromatic heterocycles. The van der Waals surface area contributed by atoms with Crippen molar-refractivity contribution in [3.63, 3.8) is 0 Å². The number of rotatable bonds is 6. The van der Waals surface area contributed by atoms with Gasteiger partial charge in [0.1, 0.15) is 5.82 Å². The van der Waals surface area contributed by atoms with Gasteiger partial charge in [-0.3, -0.25) is 0 Å². The lowest BCUT2D eigenvalue weighted by Crippen LogP contribution is -2.36. The molecular formula is C26H26N6O2. The molecule has 1 aliphatic rings. The number of aromatic nitrogens is 4. The Labute approximate surface area is 196 Å². The summed E-state index contributed by atoms with van der Waals surface area (Å²) in [6.07, 6.45) is 10.4. The Morgan fingerprint density at radius 3 is 2.79 bits per heavy atom. The number of benzene rings is 1. The highest BCUT2D eigenvalue weighted by molar-refractivity contribution is 5.89. The van der Waals surface area contributed by atoms with Gasteiger partial charge in [-0.05, 0) is 41.8 Å². The highest BCUT2D eigenvalue weighted by Crippen LogP contribution is 2.31. The molecule has 0 amide bonds. The van der Waals surface area contributed by atoms with E-state index in [4.69, 9.17) is 4.74 Å². The third kappa shape index (κ3) is 3.87. The average molecular weight is 455 g/mol. The molecule has 6 rings (SSSR count). The van der Waals surface area contributed by atoms with Crippen LogP contribution < -0.4 is 10.2 Å². The maximum absolute atomic E-state index is 9.30. The van der Waals surface area contributed by atoms with E-state index in [0.29, 0.717) is 6.42 Å².